The van der Waals surface area contributed by atoms with Crippen molar-refractivity contribution in [2.45, 2.75) is 52.7 Å². The summed E-state index contributed by atoms with van der Waals surface area (Å²) in [7, 11) is 0. The summed E-state index contributed by atoms with van der Waals surface area (Å²) < 4.78 is 5.74. The second-order valence-electron chi connectivity index (χ2n) is 6.49. The molecule has 0 aliphatic carbocycles. The number of hydrogen-bond donors (Lipinski definition) is 1. The van der Waals surface area contributed by atoms with E-state index in [4.69, 9.17) is 4.74 Å². The molecule has 0 saturated heterocycles. The fourth-order valence-corrected chi connectivity index (χ4v) is 2.79. The fourth-order valence-electron chi connectivity index (χ4n) is 2.79. The number of ketones is 1. The molecular weight excluding hydrogens is 252 g/mol. The minimum Gasteiger partial charge on any atom is -0.508 e. The van der Waals surface area contributed by atoms with E-state index in [0.717, 1.165) is 16.7 Å². The molecule has 20 heavy (non-hydrogen) atoms. The van der Waals surface area contributed by atoms with Gasteiger partial charge in [-0.05, 0) is 52.7 Å². The highest BCUT2D eigenvalue weighted by atomic mass is 16.5. The van der Waals surface area contributed by atoms with Gasteiger partial charge in [-0.15, -0.1) is 0 Å². The van der Waals surface area contributed by atoms with Gasteiger partial charge in [0.1, 0.15) is 17.0 Å². The maximum Gasteiger partial charge on any atom is 0.198 e. The van der Waals surface area contributed by atoms with Gasteiger partial charge in [0.25, 0.3) is 0 Å². The van der Waals surface area contributed by atoms with Crippen LogP contribution in [0.5, 0.6) is 0 Å². The maximum atomic E-state index is 12.6. The number of aliphatic hydroxyl groups excluding tert-OH is 1. The molecule has 0 saturated carbocycles. The highest BCUT2D eigenvalue weighted by Gasteiger charge is 2.47. The largest absolute Gasteiger partial charge is 0.508 e. The number of carbonyl (C=O) groups excluding carboxylic acids is 1. The Bertz CT molecular complexity index is 607. The molecule has 3 heteroatoms. The second kappa shape index (κ2) is 4.45. The van der Waals surface area contributed by atoms with Gasteiger partial charge in [-0.25, -0.2) is 0 Å². The zero-order valence-electron chi connectivity index (χ0n) is 13.0. The van der Waals surface area contributed by atoms with E-state index in [0.29, 0.717) is 5.57 Å². The summed E-state index contributed by atoms with van der Waals surface area (Å²) in [4.78, 5) is 12.6. The van der Waals surface area contributed by atoms with Crippen molar-refractivity contribution in [2.75, 3.05) is 0 Å². The molecule has 0 atom stereocenters. The fraction of sp³-hybridized carbons (Fsp3) is 0.471. The Balaban J connectivity index is 2.71. The van der Waals surface area contributed by atoms with Crippen molar-refractivity contribution in [1.82, 2.24) is 0 Å². The van der Waals surface area contributed by atoms with Crippen LogP contribution in [-0.4, -0.2) is 22.1 Å². The molecule has 0 amide bonds. The summed E-state index contributed by atoms with van der Waals surface area (Å²) >= 11 is 0. The van der Waals surface area contributed by atoms with Gasteiger partial charge < -0.3 is 9.84 Å². The van der Waals surface area contributed by atoms with Crippen LogP contribution in [0, 0.1) is 13.8 Å². The Labute approximate surface area is 120 Å². The third-order valence-electron chi connectivity index (χ3n) is 3.74. The highest BCUT2D eigenvalue weighted by Crippen LogP contribution is 2.40. The molecule has 1 aliphatic heterocycles. The van der Waals surface area contributed by atoms with Gasteiger partial charge in [0, 0.05) is 0 Å². The normalized spacial score (nSPS) is 21.2. The number of rotatable bonds is 1. The highest BCUT2D eigenvalue weighted by molar-refractivity contribution is 6.26. The van der Waals surface area contributed by atoms with Crippen LogP contribution in [0.4, 0.5) is 0 Å². The summed E-state index contributed by atoms with van der Waals surface area (Å²) in [5.41, 5.74) is 1.45. The number of Topliss-reactive ketones (excluding diaryl/α,β-unsaturated/α-hetero) is 1. The third kappa shape index (κ3) is 2.27. The molecule has 108 valence electrons. The van der Waals surface area contributed by atoms with Gasteiger partial charge in [-0.2, -0.15) is 0 Å². The maximum absolute atomic E-state index is 12.6. The van der Waals surface area contributed by atoms with Crippen LogP contribution in [0.25, 0.3) is 5.57 Å². The molecule has 1 N–H and O–H groups in total. The molecular formula is C17H22O3. The molecule has 1 aromatic rings. The number of aryl methyl sites for hydroxylation is 2. The van der Waals surface area contributed by atoms with Gasteiger partial charge in [0.2, 0.25) is 0 Å². The lowest BCUT2D eigenvalue weighted by atomic mass is 9.82. The number of aliphatic hydroxyl groups is 1. The molecule has 1 heterocycles. The summed E-state index contributed by atoms with van der Waals surface area (Å²) in [5.74, 6) is -0.171. The van der Waals surface area contributed by atoms with Gasteiger partial charge >= 0.3 is 0 Å². The number of benzene rings is 1. The van der Waals surface area contributed by atoms with Crippen molar-refractivity contribution in [3.05, 3.63) is 40.6 Å². The third-order valence-corrected chi connectivity index (χ3v) is 3.74. The van der Waals surface area contributed by atoms with E-state index in [9.17, 15) is 9.90 Å². The molecule has 1 aliphatic rings. The van der Waals surface area contributed by atoms with Crippen molar-refractivity contribution in [3.8, 4) is 0 Å². The van der Waals surface area contributed by atoms with Crippen LogP contribution in [-0.2, 0) is 9.53 Å². The Kier molecular flexibility index (Phi) is 3.29. The molecule has 0 aromatic heterocycles. The Morgan fingerprint density at radius 1 is 1.05 bits per heavy atom. The second-order valence-corrected chi connectivity index (χ2v) is 6.49. The molecule has 0 fully saturated rings. The SMILES string of the molecule is Cc1ccc(C2=C(O)C(C)(C)OC(C)(C)C2=O)c(C)c1. The lowest BCUT2D eigenvalue weighted by Crippen LogP contribution is -2.49. The van der Waals surface area contributed by atoms with E-state index in [2.05, 4.69) is 0 Å². The number of hydrogen-bond acceptors (Lipinski definition) is 3. The summed E-state index contributed by atoms with van der Waals surface area (Å²) in [6.45, 7) is 11.0. The first kappa shape index (κ1) is 14.8. The van der Waals surface area contributed by atoms with Crippen LogP contribution in [0.1, 0.15) is 44.4 Å². The smallest absolute Gasteiger partial charge is 0.198 e. The van der Waals surface area contributed by atoms with Gasteiger partial charge in [-0.1, -0.05) is 23.8 Å². The van der Waals surface area contributed by atoms with Gasteiger partial charge in [0.05, 0.1) is 5.57 Å². The van der Waals surface area contributed by atoms with Gasteiger partial charge in [-0.3, -0.25) is 4.79 Å². The monoisotopic (exact) mass is 274 g/mol. The first-order valence-corrected chi connectivity index (χ1v) is 6.82. The zero-order chi connectivity index (χ0) is 15.3. The van der Waals surface area contributed by atoms with E-state index in [1.807, 2.05) is 32.0 Å². The van der Waals surface area contributed by atoms with E-state index in [-0.39, 0.29) is 11.5 Å². The standard InChI is InChI=1S/C17H22O3/c1-10-7-8-12(11(2)9-10)13-14(18)16(3,4)20-17(5,6)15(13)19/h7-9,18H,1-6H3. The first-order valence-electron chi connectivity index (χ1n) is 6.82. The molecule has 1 aromatic carbocycles. The predicted molar refractivity (Wildman–Crippen MR) is 79.7 cm³/mol. The number of carbonyl (C=O) groups is 1. The quantitative estimate of drug-likeness (QED) is 0.848. The molecule has 0 radical (unpaired) electrons. The predicted octanol–water partition coefficient (Wildman–Crippen LogP) is 3.73. The Hall–Kier alpha value is -1.61. The van der Waals surface area contributed by atoms with E-state index < -0.39 is 11.2 Å². The van der Waals surface area contributed by atoms with Crippen molar-refractivity contribution in [1.29, 1.82) is 0 Å². The van der Waals surface area contributed by atoms with Crippen LogP contribution in [0.2, 0.25) is 0 Å². The van der Waals surface area contributed by atoms with Crippen molar-refractivity contribution in [3.63, 3.8) is 0 Å². The summed E-state index contributed by atoms with van der Waals surface area (Å²) in [5, 5.41) is 10.5. The van der Waals surface area contributed by atoms with E-state index in [1.54, 1.807) is 27.7 Å². The first-order chi connectivity index (χ1) is 9.06. The molecule has 0 bridgehead atoms. The zero-order valence-corrected chi connectivity index (χ0v) is 13.0. The summed E-state index contributed by atoms with van der Waals surface area (Å²) in [6, 6.07) is 5.86. The van der Waals surface area contributed by atoms with Crippen LogP contribution < -0.4 is 0 Å². The summed E-state index contributed by atoms with van der Waals surface area (Å²) in [6.07, 6.45) is 0. The van der Waals surface area contributed by atoms with Crippen LogP contribution in [0.3, 0.4) is 0 Å². The van der Waals surface area contributed by atoms with Crippen molar-refractivity contribution in [2.24, 2.45) is 0 Å². The molecule has 3 nitrogen and oxygen atoms in total. The van der Waals surface area contributed by atoms with Crippen molar-refractivity contribution < 1.29 is 14.6 Å². The topological polar surface area (TPSA) is 46.5 Å². The van der Waals surface area contributed by atoms with E-state index >= 15 is 0 Å². The van der Waals surface area contributed by atoms with E-state index in [1.165, 1.54) is 0 Å². The average Bonchev–Trinajstić information content (AvgIpc) is 2.28. The van der Waals surface area contributed by atoms with Crippen LogP contribution >= 0.6 is 0 Å². The molecule has 2 rings (SSSR count). The number of ether oxygens (including phenoxy) is 1. The Morgan fingerprint density at radius 2 is 1.65 bits per heavy atom. The average molecular weight is 274 g/mol. The molecule has 0 unspecified atom stereocenters. The molecule has 0 spiro atoms. The van der Waals surface area contributed by atoms with Gasteiger partial charge in [0.15, 0.2) is 5.78 Å². The van der Waals surface area contributed by atoms with Crippen molar-refractivity contribution >= 4 is 11.4 Å². The minimum absolute atomic E-state index is 0.00813. The Morgan fingerprint density at radius 3 is 2.20 bits per heavy atom. The lowest BCUT2D eigenvalue weighted by molar-refractivity contribution is -0.158. The van der Waals surface area contributed by atoms with Crippen LogP contribution in [0.15, 0.2) is 24.0 Å². The lowest BCUT2D eigenvalue weighted by Gasteiger charge is -2.40. The minimum atomic E-state index is -0.942.